The molecular weight excluding hydrogens is 266 g/mol. The third-order valence-corrected chi connectivity index (χ3v) is 4.12. The van der Waals surface area contributed by atoms with Gasteiger partial charge in [-0.2, -0.15) is 0 Å². The van der Waals surface area contributed by atoms with Gasteiger partial charge in [0.15, 0.2) is 0 Å². The van der Waals surface area contributed by atoms with Gasteiger partial charge in [0.05, 0.1) is 10.3 Å². The molecule has 3 heterocycles. The predicted octanol–water partition coefficient (Wildman–Crippen LogP) is 1.98. The molecule has 2 N–H and O–H groups in total. The highest BCUT2D eigenvalue weighted by atomic mass is 32.1. The number of hydrogen-bond donors (Lipinski definition) is 2. The summed E-state index contributed by atoms with van der Waals surface area (Å²) in [5.74, 6) is -0.239. The lowest BCUT2D eigenvalue weighted by atomic mass is 10.1. The van der Waals surface area contributed by atoms with Crippen LogP contribution in [0.15, 0.2) is 11.7 Å². The normalized spacial score (nSPS) is 16.6. The molecule has 1 aliphatic rings. The Morgan fingerprint density at radius 3 is 2.95 bits per heavy atom. The summed E-state index contributed by atoms with van der Waals surface area (Å²) in [5.41, 5.74) is 0.736. The van der Waals surface area contributed by atoms with Crippen molar-refractivity contribution in [3.05, 3.63) is 17.3 Å². The van der Waals surface area contributed by atoms with Gasteiger partial charge in [-0.15, -0.1) is 11.3 Å². The average molecular weight is 279 g/mol. The monoisotopic (exact) mass is 279 g/mol. The van der Waals surface area contributed by atoms with Crippen molar-refractivity contribution in [1.29, 1.82) is 0 Å². The molecule has 3 rings (SSSR count). The zero-order valence-corrected chi connectivity index (χ0v) is 10.9. The Bertz CT molecular complexity index is 607. The van der Waals surface area contributed by atoms with Crippen molar-refractivity contribution in [3.63, 3.8) is 0 Å². The van der Waals surface area contributed by atoms with Crippen LogP contribution in [0.5, 0.6) is 0 Å². The minimum Gasteiger partial charge on any atom is -0.478 e. The van der Waals surface area contributed by atoms with Crippen LogP contribution >= 0.6 is 11.3 Å². The number of carboxylic acid groups (broad SMARTS) is 1. The van der Waals surface area contributed by atoms with E-state index in [1.807, 2.05) is 0 Å². The summed E-state index contributed by atoms with van der Waals surface area (Å²) in [7, 11) is 0. The van der Waals surface area contributed by atoms with Gasteiger partial charge < -0.3 is 15.2 Å². The van der Waals surface area contributed by atoms with E-state index in [0.29, 0.717) is 11.6 Å². The van der Waals surface area contributed by atoms with E-state index in [1.54, 1.807) is 5.38 Å². The lowest BCUT2D eigenvalue weighted by molar-refractivity contribution is 0.0699. The summed E-state index contributed by atoms with van der Waals surface area (Å²) in [6, 6.07) is 0.322. The third-order valence-electron chi connectivity index (χ3n) is 3.15. The molecule has 0 aromatic carbocycles. The minimum absolute atomic E-state index is 0.234. The zero-order chi connectivity index (χ0) is 13.2. The second-order valence-corrected chi connectivity index (χ2v) is 5.27. The number of carboxylic acids is 1. The number of fused-ring (bicyclic) bond motifs is 1. The van der Waals surface area contributed by atoms with Gasteiger partial charge in [-0.05, 0) is 12.8 Å². The Hall–Kier alpha value is -1.73. The number of aromatic carboxylic acids is 1. The molecule has 1 saturated heterocycles. The van der Waals surface area contributed by atoms with E-state index in [9.17, 15) is 4.79 Å². The summed E-state index contributed by atoms with van der Waals surface area (Å²) < 4.78 is 6.11. The number of nitrogens with zero attached hydrogens (tertiary/aromatic N) is 2. The minimum atomic E-state index is -0.957. The van der Waals surface area contributed by atoms with Crippen molar-refractivity contribution in [1.82, 2.24) is 9.97 Å². The van der Waals surface area contributed by atoms with Crippen LogP contribution in [0.1, 0.15) is 23.2 Å². The van der Waals surface area contributed by atoms with E-state index >= 15 is 0 Å². The van der Waals surface area contributed by atoms with Crippen LogP contribution in [-0.4, -0.2) is 40.3 Å². The molecule has 2 aromatic rings. The van der Waals surface area contributed by atoms with E-state index in [1.165, 1.54) is 17.7 Å². The standard InChI is InChI=1S/C12H13N3O3S/c16-12(17)8-5-19-10-9(8)13-6-14-11(10)15-7-1-3-18-4-2-7/h5-7H,1-4H2,(H,16,17)(H,13,14,15). The van der Waals surface area contributed by atoms with Gasteiger partial charge in [0.1, 0.15) is 17.7 Å². The van der Waals surface area contributed by atoms with Crippen molar-refractivity contribution in [2.45, 2.75) is 18.9 Å². The Morgan fingerprint density at radius 2 is 2.21 bits per heavy atom. The lowest BCUT2D eigenvalue weighted by Gasteiger charge is -2.23. The predicted molar refractivity (Wildman–Crippen MR) is 71.8 cm³/mol. The van der Waals surface area contributed by atoms with Crippen LogP contribution in [0.2, 0.25) is 0 Å². The molecule has 19 heavy (non-hydrogen) atoms. The van der Waals surface area contributed by atoms with Gasteiger partial charge in [0.25, 0.3) is 0 Å². The number of thiophene rings is 1. The fraction of sp³-hybridized carbons (Fsp3) is 0.417. The van der Waals surface area contributed by atoms with Gasteiger partial charge in [-0.3, -0.25) is 0 Å². The smallest absolute Gasteiger partial charge is 0.338 e. The first-order valence-electron chi connectivity index (χ1n) is 6.05. The molecule has 0 unspecified atom stereocenters. The number of rotatable bonds is 3. The van der Waals surface area contributed by atoms with Crippen LogP contribution in [-0.2, 0) is 4.74 Å². The van der Waals surface area contributed by atoms with Crippen LogP contribution in [0.3, 0.4) is 0 Å². The number of aromatic nitrogens is 2. The van der Waals surface area contributed by atoms with Crippen molar-refractivity contribution in [3.8, 4) is 0 Å². The molecule has 100 valence electrons. The molecule has 0 radical (unpaired) electrons. The Labute approximate surface area is 113 Å². The maximum Gasteiger partial charge on any atom is 0.338 e. The van der Waals surface area contributed by atoms with Gasteiger partial charge >= 0.3 is 5.97 Å². The van der Waals surface area contributed by atoms with Crippen LogP contribution in [0.4, 0.5) is 5.82 Å². The van der Waals surface area contributed by atoms with Crippen molar-refractivity contribution < 1.29 is 14.6 Å². The van der Waals surface area contributed by atoms with E-state index in [4.69, 9.17) is 9.84 Å². The van der Waals surface area contributed by atoms with Crippen LogP contribution < -0.4 is 5.32 Å². The molecule has 6 nitrogen and oxygen atoms in total. The molecule has 0 aliphatic carbocycles. The fourth-order valence-corrected chi connectivity index (χ4v) is 3.09. The highest BCUT2D eigenvalue weighted by molar-refractivity contribution is 7.18. The molecule has 1 aliphatic heterocycles. The van der Waals surface area contributed by atoms with Crippen molar-refractivity contribution in [2.75, 3.05) is 18.5 Å². The highest BCUT2D eigenvalue weighted by Gasteiger charge is 2.18. The van der Waals surface area contributed by atoms with Crippen LogP contribution in [0.25, 0.3) is 10.2 Å². The zero-order valence-electron chi connectivity index (χ0n) is 10.1. The second kappa shape index (κ2) is 5.10. The number of anilines is 1. The number of carbonyl (C=O) groups is 1. The first-order valence-corrected chi connectivity index (χ1v) is 6.93. The molecular formula is C12H13N3O3S. The molecule has 0 bridgehead atoms. The van der Waals surface area contributed by atoms with E-state index in [0.717, 1.165) is 36.6 Å². The fourth-order valence-electron chi connectivity index (χ4n) is 2.14. The maximum absolute atomic E-state index is 11.1. The summed E-state index contributed by atoms with van der Waals surface area (Å²) >= 11 is 1.36. The Balaban J connectivity index is 1.93. The lowest BCUT2D eigenvalue weighted by Crippen LogP contribution is -2.28. The number of nitrogens with one attached hydrogen (secondary N) is 1. The van der Waals surface area contributed by atoms with E-state index in [-0.39, 0.29) is 5.56 Å². The van der Waals surface area contributed by atoms with E-state index < -0.39 is 5.97 Å². The second-order valence-electron chi connectivity index (χ2n) is 4.39. The summed E-state index contributed by atoms with van der Waals surface area (Å²) in [6.45, 7) is 1.49. The van der Waals surface area contributed by atoms with Crippen molar-refractivity contribution in [2.24, 2.45) is 0 Å². The first-order chi connectivity index (χ1) is 9.25. The first kappa shape index (κ1) is 12.3. The topological polar surface area (TPSA) is 84.3 Å². The summed E-state index contributed by atoms with van der Waals surface area (Å²) in [4.78, 5) is 19.4. The molecule has 1 fully saturated rings. The molecule has 0 spiro atoms. The van der Waals surface area contributed by atoms with Crippen LogP contribution in [0, 0.1) is 0 Å². The highest BCUT2D eigenvalue weighted by Crippen LogP contribution is 2.30. The third kappa shape index (κ3) is 2.39. The molecule has 2 aromatic heterocycles. The average Bonchev–Trinajstić information content (AvgIpc) is 2.85. The molecule has 0 saturated carbocycles. The van der Waals surface area contributed by atoms with Gasteiger partial charge in [0.2, 0.25) is 0 Å². The number of ether oxygens (including phenoxy) is 1. The number of hydrogen-bond acceptors (Lipinski definition) is 6. The summed E-state index contributed by atoms with van der Waals surface area (Å²) in [6.07, 6.45) is 3.27. The molecule has 7 heteroatoms. The molecule has 0 amide bonds. The Kier molecular flexibility index (Phi) is 3.31. The van der Waals surface area contributed by atoms with E-state index in [2.05, 4.69) is 15.3 Å². The largest absolute Gasteiger partial charge is 0.478 e. The van der Waals surface area contributed by atoms with Crippen molar-refractivity contribution >= 4 is 33.3 Å². The SMILES string of the molecule is O=C(O)c1csc2c(NC3CCOCC3)ncnc12. The van der Waals surface area contributed by atoms with Gasteiger partial charge in [0, 0.05) is 24.6 Å². The van der Waals surface area contributed by atoms with Gasteiger partial charge in [-0.25, -0.2) is 14.8 Å². The van der Waals surface area contributed by atoms with Gasteiger partial charge in [-0.1, -0.05) is 0 Å². The summed E-state index contributed by atoms with van der Waals surface area (Å²) in [5, 5.41) is 14.1. The maximum atomic E-state index is 11.1. The Morgan fingerprint density at radius 1 is 1.42 bits per heavy atom. The quantitative estimate of drug-likeness (QED) is 0.893. The molecule has 0 atom stereocenters.